The van der Waals surface area contributed by atoms with E-state index in [0.29, 0.717) is 37.6 Å². The van der Waals surface area contributed by atoms with Gasteiger partial charge < -0.3 is 9.73 Å². The van der Waals surface area contributed by atoms with Crippen LogP contribution in [0.15, 0.2) is 22.9 Å². The molecule has 0 aromatic carbocycles. The number of alkyl halides is 1. The molecule has 1 amide bonds. The quantitative estimate of drug-likeness (QED) is 0.908. The van der Waals surface area contributed by atoms with E-state index >= 15 is 0 Å². The van der Waals surface area contributed by atoms with Gasteiger partial charge in [-0.25, -0.2) is 4.39 Å². The minimum Gasteiger partial charge on any atom is -0.456 e. The molecule has 1 aliphatic heterocycles. The Morgan fingerprint density at radius 2 is 2.29 bits per heavy atom. The Hall–Kier alpha value is -2.15. The molecule has 2 aromatic rings. The van der Waals surface area contributed by atoms with Crippen LogP contribution in [0.2, 0.25) is 0 Å². The highest BCUT2D eigenvalue weighted by Crippen LogP contribution is 2.22. The minimum absolute atomic E-state index is 0.0273. The maximum absolute atomic E-state index is 13.9. The lowest BCUT2D eigenvalue weighted by molar-refractivity contribution is 0.0910. The van der Waals surface area contributed by atoms with Crippen molar-refractivity contribution in [3.8, 4) is 0 Å². The lowest BCUT2D eigenvalue weighted by atomic mass is 10.2. The predicted molar refractivity (Wildman–Crippen MR) is 87.4 cm³/mol. The van der Waals surface area contributed by atoms with Gasteiger partial charge in [0.05, 0.1) is 6.20 Å². The number of carbonyl (C=O) groups is 1. The van der Waals surface area contributed by atoms with Crippen LogP contribution in [0.5, 0.6) is 0 Å². The van der Waals surface area contributed by atoms with E-state index in [1.807, 2.05) is 33.2 Å². The third kappa shape index (κ3) is 3.67. The highest BCUT2D eigenvalue weighted by molar-refractivity contribution is 5.92. The Kier molecular flexibility index (Phi) is 4.71. The van der Waals surface area contributed by atoms with Crippen LogP contribution in [0.3, 0.4) is 0 Å². The number of nitrogens with one attached hydrogen (secondary N) is 1. The number of likely N-dealkylation sites (tertiary alicyclic amines) is 1. The molecule has 0 unspecified atom stereocenters. The molecule has 0 spiro atoms. The number of aryl methyl sites for hydroxylation is 3. The molecule has 2 aromatic heterocycles. The largest absolute Gasteiger partial charge is 0.456 e. The van der Waals surface area contributed by atoms with Gasteiger partial charge in [-0.15, -0.1) is 0 Å². The third-order valence-electron chi connectivity index (χ3n) is 4.37. The van der Waals surface area contributed by atoms with Crippen molar-refractivity contribution in [2.75, 3.05) is 13.1 Å². The molecule has 1 saturated heterocycles. The van der Waals surface area contributed by atoms with Gasteiger partial charge >= 0.3 is 0 Å². The molecule has 6 nitrogen and oxygen atoms in total. The van der Waals surface area contributed by atoms with Gasteiger partial charge in [-0.3, -0.25) is 14.4 Å². The second-order valence-corrected chi connectivity index (χ2v) is 6.52. The van der Waals surface area contributed by atoms with Gasteiger partial charge in [0.2, 0.25) is 0 Å². The smallest absolute Gasteiger partial charge is 0.287 e. The lowest BCUT2D eigenvalue weighted by Crippen LogP contribution is -2.39. The number of aromatic nitrogens is 2. The first-order valence-electron chi connectivity index (χ1n) is 8.13. The number of nitrogens with zero attached hydrogens (tertiary/aromatic N) is 3. The van der Waals surface area contributed by atoms with Crippen molar-refractivity contribution in [1.82, 2.24) is 20.0 Å². The SMILES string of the molecule is Cc1cc(C)c(C(=O)NC[C@@H]2C[C@H](F)CN2Cc2cnn(C)c2)o1. The van der Waals surface area contributed by atoms with Crippen LogP contribution in [-0.4, -0.2) is 45.9 Å². The van der Waals surface area contributed by atoms with E-state index in [1.54, 1.807) is 10.9 Å². The molecule has 3 rings (SSSR count). The molecule has 1 N–H and O–H groups in total. The van der Waals surface area contributed by atoms with E-state index in [4.69, 9.17) is 4.42 Å². The first-order chi connectivity index (χ1) is 11.4. The highest BCUT2D eigenvalue weighted by Gasteiger charge is 2.32. The fourth-order valence-electron chi connectivity index (χ4n) is 3.27. The summed E-state index contributed by atoms with van der Waals surface area (Å²) < 4.78 is 21.0. The summed E-state index contributed by atoms with van der Waals surface area (Å²) in [5, 5.41) is 7.02. The first kappa shape index (κ1) is 16.7. The topological polar surface area (TPSA) is 63.3 Å². The maximum Gasteiger partial charge on any atom is 0.287 e. The summed E-state index contributed by atoms with van der Waals surface area (Å²) in [5.41, 5.74) is 1.85. The highest BCUT2D eigenvalue weighted by atomic mass is 19.1. The van der Waals surface area contributed by atoms with Crippen LogP contribution in [0, 0.1) is 13.8 Å². The van der Waals surface area contributed by atoms with Crippen molar-refractivity contribution in [2.45, 2.75) is 39.0 Å². The number of hydrogen-bond acceptors (Lipinski definition) is 4. The molecule has 0 bridgehead atoms. The molecular weight excluding hydrogens is 311 g/mol. The fourth-order valence-corrected chi connectivity index (χ4v) is 3.27. The molecule has 1 fully saturated rings. The third-order valence-corrected chi connectivity index (χ3v) is 4.37. The van der Waals surface area contributed by atoms with Crippen molar-refractivity contribution in [2.24, 2.45) is 7.05 Å². The number of rotatable bonds is 5. The van der Waals surface area contributed by atoms with Crippen molar-refractivity contribution >= 4 is 5.91 Å². The fraction of sp³-hybridized carbons (Fsp3) is 0.529. The van der Waals surface area contributed by atoms with E-state index in [-0.39, 0.29) is 11.9 Å². The average Bonchev–Trinajstić information content (AvgIpc) is 3.17. The number of halogens is 1. The average molecular weight is 334 g/mol. The summed E-state index contributed by atoms with van der Waals surface area (Å²) >= 11 is 0. The molecular formula is C17H23FN4O2. The number of furan rings is 1. The van der Waals surface area contributed by atoms with Crippen molar-refractivity contribution in [3.05, 3.63) is 41.1 Å². The number of amides is 1. The van der Waals surface area contributed by atoms with Crippen LogP contribution in [0.25, 0.3) is 0 Å². The van der Waals surface area contributed by atoms with Crippen LogP contribution in [0.1, 0.15) is 33.9 Å². The van der Waals surface area contributed by atoms with E-state index in [0.717, 1.165) is 11.1 Å². The van der Waals surface area contributed by atoms with E-state index < -0.39 is 6.17 Å². The van der Waals surface area contributed by atoms with Gasteiger partial charge in [0, 0.05) is 50.0 Å². The van der Waals surface area contributed by atoms with Gasteiger partial charge in [-0.1, -0.05) is 0 Å². The molecule has 3 heterocycles. The molecule has 0 aliphatic carbocycles. The standard InChI is InChI=1S/C17H23FN4O2/c1-11-4-12(2)24-16(11)17(23)19-7-15-5-14(18)10-22(15)9-13-6-20-21(3)8-13/h4,6,8,14-15H,5,7,9-10H2,1-3H3,(H,19,23)/t14-,15-/m0/s1. The summed E-state index contributed by atoms with van der Waals surface area (Å²) in [6.45, 7) is 5.07. The zero-order valence-electron chi connectivity index (χ0n) is 14.3. The van der Waals surface area contributed by atoms with E-state index in [2.05, 4.69) is 15.3 Å². The Morgan fingerprint density at radius 3 is 2.92 bits per heavy atom. The van der Waals surface area contributed by atoms with Gasteiger partial charge in [-0.05, 0) is 26.3 Å². The zero-order chi connectivity index (χ0) is 17.3. The first-order valence-corrected chi connectivity index (χ1v) is 8.13. The summed E-state index contributed by atoms with van der Waals surface area (Å²) in [7, 11) is 1.86. The zero-order valence-corrected chi connectivity index (χ0v) is 14.3. The Bertz CT molecular complexity index is 724. The van der Waals surface area contributed by atoms with Gasteiger partial charge in [0.25, 0.3) is 5.91 Å². The molecule has 130 valence electrons. The number of carbonyl (C=O) groups excluding carboxylic acids is 1. The maximum atomic E-state index is 13.9. The molecule has 2 atom stereocenters. The van der Waals surface area contributed by atoms with Crippen molar-refractivity contribution in [3.63, 3.8) is 0 Å². The normalized spacial score (nSPS) is 21.3. The Balaban J connectivity index is 1.60. The Labute approximate surface area is 140 Å². The second-order valence-electron chi connectivity index (χ2n) is 6.52. The van der Waals surface area contributed by atoms with Crippen molar-refractivity contribution < 1.29 is 13.6 Å². The van der Waals surface area contributed by atoms with E-state index in [9.17, 15) is 9.18 Å². The molecule has 7 heteroatoms. The summed E-state index contributed by atoms with van der Waals surface area (Å²) in [6.07, 6.45) is 3.28. The predicted octanol–water partition coefficient (Wildman–Crippen LogP) is 1.97. The minimum atomic E-state index is -0.865. The van der Waals surface area contributed by atoms with Crippen molar-refractivity contribution in [1.29, 1.82) is 0 Å². The second kappa shape index (κ2) is 6.76. The molecule has 0 radical (unpaired) electrons. The van der Waals surface area contributed by atoms with Crippen LogP contribution >= 0.6 is 0 Å². The molecule has 1 aliphatic rings. The molecule has 24 heavy (non-hydrogen) atoms. The summed E-state index contributed by atoms with van der Waals surface area (Å²) in [6, 6.07) is 1.80. The monoisotopic (exact) mass is 334 g/mol. The molecule has 0 saturated carbocycles. The Morgan fingerprint density at radius 1 is 1.50 bits per heavy atom. The summed E-state index contributed by atoms with van der Waals surface area (Å²) in [4.78, 5) is 14.3. The number of hydrogen-bond donors (Lipinski definition) is 1. The van der Waals surface area contributed by atoms with Crippen LogP contribution in [-0.2, 0) is 13.6 Å². The summed E-state index contributed by atoms with van der Waals surface area (Å²) in [5.74, 6) is 0.797. The van der Waals surface area contributed by atoms with E-state index in [1.165, 1.54) is 0 Å². The van der Waals surface area contributed by atoms with Crippen LogP contribution in [0.4, 0.5) is 4.39 Å². The lowest BCUT2D eigenvalue weighted by Gasteiger charge is -2.23. The van der Waals surface area contributed by atoms with Gasteiger partial charge in [-0.2, -0.15) is 5.10 Å². The van der Waals surface area contributed by atoms with Gasteiger partial charge in [0.1, 0.15) is 11.9 Å². The van der Waals surface area contributed by atoms with Gasteiger partial charge in [0.15, 0.2) is 5.76 Å². The van der Waals surface area contributed by atoms with Crippen LogP contribution < -0.4 is 5.32 Å².